The van der Waals surface area contributed by atoms with Gasteiger partial charge in [0.25, 0.3) is 5.91 Å². The van der Waals surface area contributed by atoms with E-state index in [0.29, 0.717) is 11.1 Å². The molecule has 1 aromatic heterocycles. The van der Waals surface area contributed by atoms with Gasteiger partial charge in [0, 0.05) is 17.6 Å². The molecule has 0 atom stereocenters. The van der Waals surface area contributed by atoms with Gasteiger partial charge in [-0.15, -0.1) is 0 Å². The fourth-order valence-electron chi connectivity index (χ4n) is 2.79. The van der Waals surface area contributed by atoms with Gasteiger partial charge < -0.3 is 14.8 Å². The van der Waals surface area contributed by atoms with Crippen molar-refractivity contribution in [2.45, 2.75) is 20.1 Å². The predicted octanol–water partition coefficient (Wildman–Crippen LogP) is 4.08. The number of aromatic nitrogens is 1. The third-order valence-electron chi connectivity index (χ3n) is 3.99. The summed E-state index contributed by atoms with van der Waals surface area (Å²) in [5, 5.41) is 3.55. The van der Waals surface area contributed by atoms with E-state index >= 15 is 0 Å². The molecule has 0 unspecified atom stereocenters. The fourth-order valence-corrected chi connectivity index (χ4v) is 2.79. The molecular formula is C20H18F2N2O3. The van der Waals surface area contributed by atoms with Crippen molar-refractivity contribution in [3.63, 3.8) is 0 Å². The second-order valence-electron chi connectivity index (χ2n) is 5.87. The second kappa shape index (κ2) is 7.99. The molecule has 0 saturated heterocycles. The quantitative estimate of drug-likeness (QED) is 0.708. The van der Waals surface area contributed by atoms with Crippen molar-refractivity contribution in [2.75, 3.05) is 7.11 Å². The van der Waals surface area contributed by atoms with Gasteiger partial charge in [0.05, 0.1) is 18.2 Å². The van der Waals surface area contributed by atoms with Gasteiger partial charge in [-0.1, -0.05) is 24.3 Å². The molecule has 0 aliphatic heterocycles. The van der Waals surface area contributed by atoms with Crippen molar-refractivity contribution in [1.29, 1.82) is 0 Å². The normalized spacial score (nSPS) is 10.9. The number of hydrogen-bond donors (Lipinski definition) is 1. The highest BCUT2D eigenvalue weighted by Crippen LogP contribution is 2.29. The summed E-state index contributed by atoms with van der Waals surface area (Å²) in [6, 6.07) is 13.7. The third-order valence-corrected chi connectivity index (χ3v) is 3.99. The maximum absolute atomic E-state index is 12.7. The van der Waals surface area contributed by atoms with E-state index in [-0.39, 0.29) is 24.0 Å². The van der Waals surface area contributed by atoms with Crippen molar-refractivity contribution in [2.24, 2.45) is 0 Å². The Morgan fingerprint density at radius 3 is 2.67 bits per heavy atom. The molecule has 5 nitrogen and oxygen atoms in total. The highest BCUT2D eigenvalue weighted by atomic mass is 19.3. The molecule has 3 aromatic rings. The van der Waals surface area contributed by atoms with Crippen LogP contribution in [-0.4, -0.2) is 24.6 Å². The molecule has 1 N–H and O–H groups in total. The molecule has 140 valence electrons. The molecule has 27 heavy (non-hydrogen) atoms. The number of ether oxygens (including phenoxy) is 2. The Balaban J connectivity index is 1.80. The van der Waals surface area contributed by atoms with Crippen LogP contribution in [0.15, 0.2) is 48.5 Å². The lowest BCUT2D eigenvalue weighted by Gasteiger charge is -2.13. The minimum absolute atomic E-state index is 0.0792. The van der Waals surface area contributed by atoms with Crippen LogP contribution in [0.2, 0.25) is 0 Å². The molecule has 0 aliphatic rings. The highest BCUT2D eigenvalue weighted by molar-refractivity contribution is 6.06. The van der Waals surface area contributed by atoms with Crippen molar-refractivity contribution in [3.05, 3.63) is 65.4 Å². The number of halogens is 2. The molecular weight excluding hydrogens is 354 g/mol. The maximum atomic E-state index is 12.7. The number of hydrogen-bond acceptors (Lipinski definition) is 4. The molecule has 1 heterocycles. The Morgan fingerprint density at radius 1 is 1.15 bits per heavy atom. The summed E-state index contributed by atoms with van der Waals surface area (Å²) < 4.78 is 34.5. The van der Waals surface area contributed by atoms with Crippen LogP contribution < -0.4 is 14.8 Å². The SMILES string of the molecule is COc1ccc(CNC(=O)c2cc(C)nc3ccccc23)cc1OC(F)F. The van der Waals surface area contributed by atoms with E-state index in [2.05, 4.69) is 15.0 Å². The molecule has 0 spiro atoms. The number of aryl methyl sites for hydroxylation is 1. The Hall–Kier alpha value is -3.22. The van der Waals surface area contributed by atoms with Gasteiger partial charge in [0.1, 0.15) is 0 Å². The molecule has 3 rings (SSSR count). The summed E-state index contributed by atoms with van der Waals surface area (Å²) in [7, 11) is 1.37. The number of methoxy groups -OCH3 is 1. The van der Waals surface area contributed by atoms with E-state index in [4.69, 9.17) is 4.74 Å². The monoisotopic (exact) mass is 372 g/mol. The van der Waals surface area contributed by atoms with E-state index in [0.717, 1.165) is 16.6 Å². The number of benzene rings is 2. The Morgan fingerprint density at radius 2 is 1.93 bits per heavy atom. The van der Waals surface area contributed by atoms with Crippen LogP contribution in [0.3, 0.4) is 0 Å². The Bertz CT molecular complexity index is 977. The number of rotatable bonds is 6. The number of carbonyl (C=O) groups is 1. The largest absolute Gasteiger partial charge is 0.493 e. The lowest BCUT2D eigenvalue weighted by molar-refractivity contribution is -0.0512. The lowest BCUT2D eigenvalue weighted by atomic mass is 10.1. The van der Waals surface area contributed by atoms with Crippen LogP contribution in [0.25, 0.3) is 10.9 Å². The molecule has 0 fully saturated rings. The molecule has 0 aliphatic carbocycles. The minimum atomic E-state index is -2.96. The molecule has 2 aromatic carbocycles. The lowest BCUT2D eigenvalue weighted by Crippen LogP contribution is -2.23. The summed E-state index contributed by atoms with van der Waals surface area (Å²) in [4.78, 5) is 17.1. The van der Waals surface area contributed by atoms with Crippen LogP contribution in [0.1, 0.15) is 21.6 Å². The summed E-state index contributed by atoms with van der Waals surface area (Å²) in [5.41, 5.74) is 2.58. The number of nitrogens with one attached hydrogen (secondary N) is 1. The van der Waals surface area contributed by atoms with Gasteiger partial charge in [0.2, 0.25) is 0 Å². The van der Waals surface area contributed by atoms with E-state index in [9.17, 15) is 13.6 Å². The van der Waals surface area contributed by atoms with Crippen LogP contribution in [0.5, 0.6) is 11.5 Å². The van der Waals surface area contributed by atoms with Gasteiger partial charge in [-0.2, -0.15) is 8.78 Å². The minimum Gasteiger partial charge on any atom is -0.493 e. The van der Waals surface area contributed by atoms with Gasteiger partial charge in [0.15, 0.2) is 11.5 Å². The molecule has 0 saturated carbocycles. The smallest absolute Gasteiger partial charge is 0.387 e. The summed E-state index contributed by atoms with van der Waals surface area (Å²) in [5.74, 6) is -0.158. The zero-order valence-corrected chi connectivity index (χ0v) is 14.8. The zero-order chi connectivity index (χ0) is 19.4. The molecule has 1 amide bonds. The number of amides is 1. The number of para-hydroxylation sites is 1. The maximum Gasteiger partial charge on any atom is 0.387 e. The van der Waals surface area contributed by atoms with E-state index in [1.54, 1.807) is 12.1 Å². The van der Waals surface area contributed by atoms with Gasteiger partial charge in [-0.25, -0.2) is 0 Å². The van der Waals surface area contributed by atoms with Gasteiger partial charge in [-0.05, 0) is 36.8 Å². The zero-order valence-electron chi connectivity index (χ0n) is 14.8. The first-order valence-electron chi connectivity index (χ1n) is 8.24. The number of fused-ring (bicyclic) bond motifs is 1. The molecule has 0 bridgehead atoms. The van der Waals surface area contributed by atoms with Crippen LogP contribution >= 0.6 is 0 Å². The topological polar surface area (TPSA) is 60.5 Å². The predicted molar refractivity (Wildman–Crippen MR) is 97.3 cm³/mol. The van der Waals surface area contributed by atoms with E-state index in [1.165, 1.54) is 19.2 Å². The van der Waals surface area contributed by atoms with Gasteiger partial charge >= 0.3 is 6.61 Å². The summed E-state index contributed by atoms with van der Waals surface area (Å²) in [6.45, 7) is -0.992. The Labute approximate surface area is 154 Å². The van der Waals surface area contributed by atoms with Crippen LogP contribution in [-0.2, 0) is 6.54 Å². The van der Waals surface area contributed by atoms with Crippen molar-refractivity contribution < 1.29 is 23.0 Å². The average molecular weight is 372 g/mol. The summed E-state index contributed by atoms with van der Waals surface area (Å²) in [6.07, 6.45) is 0. The highest BCUT2D eigenvalue weighted by Gasteiger charge is 2.14. The first-order chi connectivity index (χ1) is 13.0. The first-order valence-corrected chi connectivity index (χ1v) is 8.24. The van der Waals surface area contributed by atoms with E-state index < -0.39 is 6.61 Å². The van der Waals surface area contributed by atoms with E-state index in [1.807, 2.05) is 31.2 Å². The first kappa shape index (κ1) is 18.6. The second-order valence-corrected chi connectivity index (χ2v) is 5.87. The molecule has 7 heteroatoms. The number of alkyl halides is 2. The van der Waals surface area contributed by atoms with Crippen molar-refractivity contribution >= 4 is 16.8 Å². The fraction of sp³-hybridized carbons (Fsp3) is 0.200. The molecule has 0 radical (unpaired) electrons. The number of carbonyl (C=O) groups excluding carboxylic acids is 1. The number of nitrogens with zero attached hydrogens (tertiary/aromatic N) is 1. The van der Waals surface area contributed by atoms with Gasteiger partial charge in [-0.3, -0.25) is 9.78 Å². The number of pyridine rings is 1. The Kier molecular flexibility index (Phi) is 5.49. The van der Waals surface area contributed by atoms with Crippen molar-refractivity contribution in [1.82, 2.24) is 10.3 Å². The summed E-state index contributed by atoms with van der Waals surface area (Å²) >= 11 is 0. The van der Waals surface area contributed by atoms with Crippen LogP contribution in [0, 0.1) is 6.92 Å². The third kappa shape index (κ3) is 4.31. The average Bonchev–Trinajstić information content (AvgIpc) is 2.65. The standard InChI is InChI=1S/C20H18F2N2O3/c1-12-9-15(14-5-3-4-6-16(14)24-12)19(25)23-11-13-7-8-17(26-2)18(10-13)27-20(21)22/h3-10,20H,11H2,1-2H3,(H,23,25). The van der Waals surface area contributed by atoms with Crippen molar-refractivity contribution in [3.8, 4) is 11.5 Å². The van der Waals surface area contributed by atoms with Crippen LogP contribution in [0.4, 0.5) is 8.78 Å².